The second-order valence-electron chi connectivity index (χ2n) is 6.18. The van der Waals surface area contributed by atoms with Crippen molar-refractivity contribution in [3.05, 3.63) is 53.7 Å². The summed E-state index contributed by atoms with van der Waals surface area (Å²) in [6, 6.07) is 9.16. The van der Waals surface area contributed by atoms with Gasteiger partial charge in [-0.25, -0.2) is 0 Å². The van der Waals surface area contributed by atoms with E-state index in [1.165, 1.54) is 20.3 Å². The van der Waals surface area contributed by atoms with Gasteiger partial charge in [-0.1, -0.05) is 0 Å². The standard InChI is InChI=1S/C22H23NO5/c1-23-13-14(17-8-7-15(25-2)10-18(17)23)6-9-19(24)22-20(27-4)11-16(26-3)12-21(22)28-5/h6-13H,1-5H3/b9-6+. The van der Waals surface area contributed by atoms with Crippen LogP contribution in [0.2, 0.25) is 0 Å². The molecule has 1 heterocycles. The van der Waals surface area contributed by atoms with Crippen molar-refractivity contribution in [1.29, 1.82) is 0 Å². The Kier molecular flexibility index (Phi) is 5.59. The second-order valence-corrected chi connectivity index (χ2v) is 6.18. The molecule has 0 amide bonds. The Morgan fingerprint density at radius 3 is 2.11 bits per heavy atom. The fourth-order valence-electron chi connectivity index (χ4n) is 3.15. The molecule has 3 rings (SSSR count). The maximum Gasteiger partial charge on any atom is 0.193 e. The summed E-state index contributed by atoms with van der Waals surface area (Å²) in [7, 11) is 8.15. The Hall–Kier alpha value is -3.41. The molecule has 6 nitrogen and oxygen atoms in total. The van der Waals surface area contributed by atoms with Gasteiger partial charge in [0.25, 0.3) is 0 Å². The molecule has 146 valence electrons. The molecule has 0 saturated heterocycles. The predicted molar refractivity (Wildman–Crippen MR) is 109 cm³/mol. The van der Waals surface area contributed by atoms with Gasteiger partial charge in [-0.15, -0.1) is 0 Å². The maximum atomic E-state index is 12.9. The Balaban J connectivity index is 2.00. The van der Waals surface area contributed by atoms with Gasteiger partial charge in [-0.3, -0.25) is 4.79 Å². The maximum absolute atomic E-state index is 12.9. The number of benzene rings is 2. The minimum Gasteiger partial charge on any atom is -0.497 e. The first-order valence-corrected chi connectivity index (χ1v) is 8.67. The summed E-state index contributed by atoms with van der Waals surface area (Å²) in [5.41, 5.74) is 2.30. The van der Waals surface area contributed by atoms with E-state index < -0.39 is 0 Å². The zero-order valence-electron chi connectivity index (χ0n) is 16.6. The number of fused-ring (bicyclic) bond motifs is 1. The molecule has 0 N–H and O–H groups in total. The largest absolute Gasteiger partial charge is 0.497 e. The normalized spacial score (nSPS) is 11.0. The number of aromatic nitrogens is 1. The molecule has 0 aliphatic heterocycles. The number of allylic oxidation sites excluding steroid dienone is 1. The minimum atomic E-state index is -0.220. The highest BCUT2D eigenvalue weighted by Gasteiger charge is 2.18. The number of carbonyl (C=O) groups is 1. The van der Waals surface area contributed by atoms with Crippen LogP contribution in [0.1, 0.15) is 15.9 Å². The number of hydrogen-bond donors (Lipinski definition) is 0. The molecule has 0 saturated carbocycles. The van der Waals surface area contributed by atoms with E-state index >= 15 is 0 Å². The van der Waals surface area contributed by atoms with Crippen molar-refractivity contribution in [2.24, 2.45) is 7.05 Å². The number of hydrogen-bond acceptors (Lipinski definition) is 5. The zero-order valence-corrected chi connectivity index (χ0v) is 16.6. The lowest BCUT2D eigenvalue weighted by Gasteiger charge is -2.13. The van der Waals surface area contributed by atoms with Crippen LogP contribution in [-0.4, -0.2) is 38.8 Å². The summed E-state index contributed by atoms with van der Waals surface area (Å²) in [5.74, 6) is 1.91. The number of carbonyl (C=O) groups excluding carboxylic acids is 1. The highest BCUT2D eigenvalue weighted by atomic mass is 16.5. The van der Waals surface area contributed by atoms with Crippen molar-refractivity contribution < 1.29 is 23.7 Å². The van der Waals surface area contributed by atoms with Crippen LogP contribution in [0.4, 0.5) is 0 Å². The zero-order chi connectivity index (χ0) is 20.3. The molecule has 0 atom stereocenters. The SMILES string of the molecule is COc1cc(OC)c(C(=O)/C=C/c2cn(C)c3cc(OC)ccc23)c(OC)c1. The van der Waals surface area contributed by atoms with Gasteiger partial charge in [-0.2, -0.15) is 0 Å². The Bertz CT molecular complexity index is 1020. The first-order valence-electron chi connectivity index (χ1n) is 8.67. The van der Waals surface area contributed by atoms with E-state index in [-0.39, 0.29) is 5.78 Å². The Labute approximate surface area is 163 Å². The first kappa shape index (κ1) is 19.4. The molecule has 1 aromatic heterocycles. The van der Waals surface area contributed by atoms with Gasteiger partial charge in [0.2, 0.25) is 0 Å². The Morgan fingerprint density at radius 2 is 1.54 bits per heavy atom. The summed E-state index contributed by atoms with van der Waals surface area (Å²) in [6.07, 6.45) is 5.28. The van der Waals surface area contributed by atoms with Gasteiger partial charge in [-0.05, 0) is 24.3 Å². The van der Waals surface area contributed by atoms with Crippen molar-refractivity contribution in [3.63, 3.8) is 0 Å². The number of rotatable bonds is 7. The van der Waals surface area contributed by atoms with Gasteiger partial charge < -0.3 is 23.5 Å². The summed E-state index contributed by atoms with van der Waals surface area (Å²) in [5, 5.41) is 1.03. The average Bonchev–Trinajstić information content (AvgIpc) is 3.05. The molecule has 3 aromatic rings. The van der Waals surface area contributed by atoms with E-state index in [2.05, 4.69) is 0 Å². The van der Waals surface area contributed by atoms with Crippen molar-refractivity contribution in [2.45, 2.75) is 0 Å². The molecule has 6 heteroatoms. The van der Waals surface area contributed by atoms with Crippen LogP contribution < -0.4 is 18.9 Å². The third kappa shape index (κ3) is 3.53. The number of ether oxygens (including phenoxy) is 4. The van der Waals surface area contributed by atoms with Crippen LogP contribution in [0.3, 0.4) is 0 Å². The van der Waals surface area contributed by atoms with Crippen LogP contribution in [0.15, 0.2) is 42.6 Å². The Morgan fingerprint density at radius 1 is 0.893 bits per heavy atom. The lowest BCUT2D eigenvalue weighted by molar-refractivity contribution is 0.104. The van der Waals surface area contributed by atoms with Crippen LogP contribution in [0.25, 0.3) is 17.0 Å². The smallest absolute Gasteiger partial charge is 0.193 e. The van der Waals surface area contributed by atoms with Gasteiger partial charge in [0.05, 0.1) is 34.0 Å². The average molecular weight is 381 g/mol. The van der Waals surface area contributed by atoms with Gasteiger partial charge >= 0.3 is 0 Å². The second kappa shape index (κ2) is 8.08. The highest BCUT2D eigenvalue weighted by molar-refractivity contribution is 6.11. The van der Waals surface area contributed by atoms with Crippen molar-refractivity contribution in [3.8, 4) is 23.0 Å². The summed E-state index contributed by atoms with van der Waals surface area (Å²) in [6.45, 7) is 0. The third-order valence-electron chi connectivity index (χ3n) is 4.60. The van der Waals surface area contributed by atoms with Gasteiger partial charge in [0.1, 0.15) is 28.6 Å². The lowest BCUT2D eigenvalue weighted by atomic mass is 10.1. The number of aryl methyl sites for hydroxylation is 1. The highest BCUT2D eigenvalue weighted by Crippen LogP contribution is 2.35. The van der Waals surface area contributed by atoms with Crippen LogP contribution in [0, 0.1) is 0 Å². The lowest BCUT2D eigenvalue weighted by Crippen LogP contribution is -2.03. The molecule has 0 radical (unpaired) electrons. The fourth-order valence-corrected chi connectivity index (χ4v) is 3.15. The molecule has 0 spiro atoms. The molecule has 28 heavy (non-hydrogen) atoms. The van der Waals surface area contributed by atoms with Gasteiger partial charge in [0.15, 0.2) is 5.78 Å². The van der Waals surface area contributed by atoms with Crippen LogP contribution in [-0.2, 0) is 7.05 Å². The van der Waals surface area contributed by atoms with Gasteiger partial charge in [0, 0.05) is 42.4 Å². The van der Waals surface area contributed by atoms with Crippen molar-refractivity contribution >= 4 is 22.8 Å². The summed E-state index contributed by atoms with van der Waals surface area (Å²) < 4.78 is 23.3. The fraction of sp³-hybridized carbons (Fsp3) is 0.227. The van der Waals surface area contributed by atoms with Crippen LogP contribution >= 0.6 is 0 Å². The van der Waals surface area contributed by atoms with E-state index in [0.29, 0.717) is 22.8 Å². The first-order chi connectivity index (χ1) is 13.5. The molecule has 0 bridgehead atoms. The van der Waals surface area contributed by atoms with E-state index in [0.717, 1.165) is 22.2 Å². The van der Waals surface area contributed by atoms with E-state index in [1.54, 1.807) is 32.4 Å². The monoisotopic (exact) mass is 381 g/mol. The molecular formula is C22H23NO5. The quantitative estimate of drug-likeness (QED) is 0.455. The van der Waals surface area contributed by atoms with E-state index in [9.17, 15) is 4.79 Å². The third-order valence-corrected chi connectivity index (χ3v) is 4.60. The minimum absolute atomic E-state index is 0.220. The summed E-state index contributed by atoms with van der Waals surface area (Å²) >= 11 is 0. The molecular weight excluding hydrogens is 358 g/mol. The van der Waals surface area contributed by atoms with Crippen molar-refractivity contribution in [2.75, 3.05) is 28.4 Å². The number of nitrogens with zero attached hydrogens (tertiary/aromatic N) is 1. The molecule has 0 aliphatic carbocycles. The van der Waals surface area contributed by atoms with E-state index in [4.69, 9.17) is 18.9 Å². The number of methoxy groups -OCH3 is 4. The van der Waals surface area contributed by atoms with E-state index in [1.807, 2.05) is 36.0 Å². The molecule has 2 aromatic carbocycles. The summed E-state index contributed by atoms with van der Waals surface area (Å²) in [4.78, 5) is 12.9. The molecule has 0 aliphatic rings. The molecule has 0 unspecified atom stereocenters. The van der Waals surface area contributed by atoms with Crippen molar-refractivity contribution in [1.82, 2.24) is 4.57 Å². The van der Waals surface area contributed by atoms with Crippen LogP contribution in [0.5, 0.6) is 23.0 Å². The number of ketones is 1. The predicted octanol–water partition coefficient (Wildman–Crippen LogP) is 4.11. The topological polar surface area (TPSA) is 58.9 Å². The molecule has 0 fully saturated rings.